The molecule has 1 aliphatic heterocycles. The largest absolute Gasteiger partial charge is 0.573 e. The normalized spacial score (nSPS) is 16.6. The quantitative estimate of drug-likeness (QED) is 0.389. The van der Waals surface area contributed by atoms with Crippen LogP contribution in [0, 0.1) is 0 Å². The highest BCUT2D eigenvalue weighted by molar-refractivity contribution is 7.92. The van der Waals surface area contributed by atoms with Crippen molar-refractivity contribution in [1.29, 1.82) is 0 Å². The monoisotopic (exact) mass is 586 g/mol. The van der Waals surface area contributed by atoms with Gasteiger partial charge < -0.3 is 15.8 Å². The zero-order chi connectivity index (χ0) is 29.1. The minimum Gasteiger partial charge on any atom is -0.406 e. The molecule has 1 saturated carbocycles. The van der Waals surface area contributed by atoms with Crippen molar-refractivity contribution in [2.75, 3.05) is 9.62 Å². The summed E-state index contributed by atoms with van der Waals surface area (Å²) in [4.78, 5) is 15.9. The Kier molecular flexibility index (Phi) is 6.39. The first-order valence-corrected chi connectivity index (χ1v) is 13.2. The second kappa shape index (κ2) is 9.28. The number of primary amides is 1. The maximum atomic E-state index is 14.0. The summed E-state index contributed by atoms with van der Waals surface area (Å²) in [7, 11) is -4.58. The summed E-state index contributed by atoms with van der Waals surface area (Å²) in [5, 5.41) is 2.79. The first kappa shape index (κ1) is 27.6. The van der Waals surface area contributed by atoms with Gasteiger partial charge in [0.2, 0.25) is 5.91 Å². The number of nitrogens with one attached hydrogen (secondary N) is 1. The molecule has 1 aliphatic carbocycles. The van der Waals surface area contributed by atoms with E-state index in [9.17, 15) is 39.6 Å². The van der Waals surface area contributed by atoms with Gasteiger partial charge in [-0.05, 0) is 54.8 Å². The highest BCUT2D eigenvalue weighted by Gasteiger charge is 2.48. The Balaban J connectivity index is 1.69. The number of pyridine rings is 1. The number of carbonyl (C=O) groups is 1. The van der Waals surface area contributed by atoms with E-state index in [1.165, 1.54) is 18.2 Å². The maximum Gasteiger partial charge on any atom is 0.573 e. The molecule has 0 atom stereocenters. The van der Waals surface area contributed by atoms with E-state index < -0.39 is 56.8 Å². The number of sulfonamides is 1. The van der Waals surface area contributed by atoms with E-state index in [0.29, 0.717) is 25.3 Å². The second-order valence-electron chi connectivity index (χ2n) is 9.36. The number of rotatable bonds is 5. The number of ether oxygens (including phenoxy) is 1. The number of carbonyl (C=O) groups excluding carboxylic acids is 1. The highest BCUT2D eigenvalue weighted by atomic mass is 32.2. The van der Waals surface area contributed by atoms with Gasteiger partial charge in [-0.1, -0.05) is 24.6 Å². The number of alkyl halides is 6. The van der Waals surface area contributed by atoms with Gasteiger partial charge in [-0.15, -0.1) is 13.2 Å². The van der Waals surface area contributed by atoms with Gasteiger partial charge in [0.15, 0.2) is 0 Å². The van der Waals surface area contributed by atoms with Crippen LogP contribution < -0.4 is 20.1 Å². The van der Waals surface area contributed by atoms with Crippen molar-refractivity contribution < 1.29 is 44.3 Å². The summed E-state index contributed by atoms with van der Waals surface area (Å²) in [6.07, 6.45) is -8.51. The maximum absolute atomic E-state index is 14.0. The molecule has 0 spiro atoms. The first-order chi connectivity index (χ1) is 18.6. The van der Waals surface area contributed by atoms with Crippen LogP contribution >= 0.6 is 0 Å². The van der Waals surface area contributed by atoms with Gasteiger partial charge in [0.25, 0.3) is 10.0 Å². The fourth-order valence-electron chi connectivity index (χ4n) is 4.87. The average Bonchev–Trinajstić information content (AvgIpc) is 2.99. The fraction of sp³-hybridized carbons (Fsp3) is 0.280. The predicted octanol–water partition coefficient (Wildman–Crippen LogP) is 5.36. The summed E-state index contributed by atoms with van der Waals surface area (Å²) >= 11 is 0. The molecule has 212 valence electrons. The molecule has 3 N–H and O–H groups in total. The topological polar surface area (TPSA) is 115 Å². The molecule has 40 heavy (non-hydrogen) atoms. The fourth-order valence-corrected chi connectivity index (χ4v) is 6.35. The number of nitrogens with zero attached hydrogens (tertiary/aromatic N) is 2. The van der Waals surface area contributed by atoms with Crippen molar-refractivity contribution in [2.45, 2.75) is 48.7 Å². The van der Waals surface area contributed by atoms with E-state index in [1.54, 1.807) is 0 Å². The molecule has 1 fully saturated rings. The van der Waals surface area contributed by atoms with Gasteiger partial charge in [0, 0.05) is 5.56 Å². The summed E-state index contributed by atoms with van der Waals surface area (Å²) in [5.74, 6) is -1.60. The summed E-state index contributed by atoms with van der Waals surface area (Å²) in [5.41, 5.74) is 3.67. The van der Waals surface area contributed by atoms with Crippen molar-refractivity contribution in [1.82, 2.24) is 4.98 Å². The standard InChI is InChI=1S/C25H20F6N4O4S/c26-24(27,28)19-10-5-14-13-35(40(37,38)16-8-6-15(7-9-16)39-25(29,30)31)20-17(23(22(32)36)11-2-12-23)3-1-4-18(20)33-21(14)34-19/h1,3-10H,2,11-13H2,(H2,32,36)(H,33,34). The van der Waals surface area contributed by atoms with Gasteiger partial charge in [-0.3, -0.25) is 9.10 Å². The summed E-state index contributed by atoms with van der Waals surface area (Å²) in [6, 6.07) is 9.73. The van der Waals surface area contributed by atoms with Crippen LogP contribution in [0.3, 0.4) is 0 Å². The van der Waals surface area contributed by atoms with Crippen LogP contribution in [0.4, 0.5) is 43.5 Å². The molecule has 2 heterocycles. The Bertz CT molecular complexity index is 1590. The van der Waals surface area contributed by atoms with E-state index in [0.717, 1.165) is 34.6 Å². The van der Waals surface area contributed by atoms with E-state index in [1.807, 2.05) is 0 Å². The predicted molar refractivity (Wildman–Crippen MR) is 130 cm³/mol. The number of halogens is 6. The van der Waals surface area contributed by atoms with Crippen LogP contribution in [0.15, 0.2) is 59.5 Å². The molecule has 0 radical (unpaired) electrons. The van der Waals surface area contributed by atoms with Crippen molar-refractivity contribution >= 4 is 33.1 Å². The van der Waals surface area contributed by atoms with Crippen molar-refractivity contribution in [3.63, 3.8) is 0 Å². The molecule has 0 bridgehead atoms. The third-order valence-corrected chi connectivity index (χ3v) is 8.72. The average molecular weight is 587 g/mol. The number of para-hydroxylation sites is 1. The van der Waals surface area contributed by atoms with Gasteiger partial charge >= 0.3 is 12.5 Å². The zero-order valence-corrected chi connectivity index (χ0v) is 21.1. The zero-order valence-electron chi connectivity index (χ0n) is 20.3. The Morgan fingerprint density at radius 1 is 1.00 bits per heavy atom. The SMILES string of the molecule is NC(=O)C1(c2cccc3c2N(S(=O)(=O)c2ccc(OC(F)(F)F)cc2)Cc2ccc(C(F)(F)F)nc2N3)CCC1. The lowest BCUT2D eigenvalue weighted by atomic mass is 9.63. The Morgan fingerprint density at radius 2 is 1.68 bits per heavy atom. The molecule has 15 heteroatoms. The molecular weight excluding hydrogens is 566 g/mol. The van der Waals surface area contributed by atoms with E-state index in [4.69, 9.17) is 5.73 Å². The Labute approximate surface area is 223 Å². The van der Waals surface area contributed by atoms with Crippen LogP contribution in [0.1, 0.15) is 36.1 Å². The van der Waals surface area contributed by atoms with Crippen molar-refractivity contribution in [3.05, 3.63) is 71.4 Å². The van der Waals surface area contributed by atoms with Gasteiger partial charge in [-0.25, -0.2) is 13.4 Å². The van der Waals surface area contributed by atoms with Crippen molar-refractivity contribution in [3.8, 4) is 5.75 Å². The van der Waals surface area contributed by atoms with Crippen LogP contribution in [0.25, 0.3) is 0 Å². The molecular formula is C25H20F6N4O4S. The molecule has 0 saturated heterocycles. The second-order valence-corrected chi connectivity index (χ2v) is 11.2. The number of amides is 1. The number of benzene rings is 2. The number of hydrogen-bond donors (Lipinski definition) is 2. The molecule has 3 aromatic rings. The number of nitrogens with two attached hydrogens (primary N) is 1. The lowest BCUT2D eigenvalue weighted by Gasteiger charge is -2.42. The van der Waals surface area contributed by atoms with E-state index >= 15 is 0 Å². The van der Waals surface area contributed by atoms with E-state index in [2.05, 4.69) is 15.0 Å². The minimum atomic E-state index is -5.00. The van der Waals surface area contributed by atoms with Gasteiger partial charge in [-0.2, -0.15) is 13.2 Å². The molecule has 1 amide bonds. The summed E-state index contributed by atoms with van der Waals surface area (Å²) in [6.45, 7) is -0.505. The molecule has 5 rings (SSSR count). The molecule has 1 aromatic heterocycles. The minimum absolute atomic E-state index is 0.0248. The molecule has 2 aliphatic rings. The van der Waals surface area contributed by atoms with Crippen LogP contribution in [0.5, 0.6) is 5.75 Å². The highest BCUT2D eigenvalue weighted by Crippen LogP contribution is 2.51. The van der Waals surface area contributed by atoms with Crippen molar-refractivity contribution in [2.24, 2.45) is 5.73 Å². The van der Waals surface area contributed by atoms with Gasteiger partial charge in [0.1, 0.15) is 17.3 Å². The third-order valence-electron chi connectivity index (χ3n) is 6.96. The number of anilines is 3. The molecule has 8 nitrogen and oxygen atoms in total. The molecule has 0 unspecified atom stereocenters. The lowest BCUT2D eigenvalue weighted by molar-refractivity contribution is -0.274. The van der Waals surface area contributed by atoms with Crippen LogP contribution in [0.2, 0.25) is 0 Å². The molecule has 2 aromatic carbocycles. The lowest BCUT2D eigenvalue weighted by Crippen LogP contribution is -2.48. The number of aromatic nitrogens is 1. The third kappa shape index (κ3) is 4.78. The van der Waals surface area contributed by atoms with E-state index in [-0.39, 0.29) is 28.3 Å². The smallest absolute Gasteiger partial charge is 0.406 e. The Hall–Kier alpha value is -4.01. The number of hydrogen-bond acceptors (Lipinski definition) is 6. The van der Waals surface area contributed by atoms with Crippen LogP contribution in [-0.2, 0) is 33.0 Å². The Morgan fingerprint density at radius 3 is 2.23 bits per heavy atom. The first-order valence-electron chi connectivity index (χ1n) is 11.8. The summed E-state index contributed by atoms with van der Waals surface area (Å²) < 4.78 is 111. The van der Waals surface area contributed by atoms with Gasteiger partial charge in [0.05, 0.1) is 28.2 Å². The van der Waals surface area contributed by atoms with Crippen LogP contribution in [-0.4, -0.2) is 25.7 Å². The number of fused-ring (bicyclic) bond motifs is 2.